The fourth-order valence-electron chi connectivity index (χ4n) is 2.23. The quantitative estimate of drug-likeness (QED) is 0.805. The minimum Gasteiger partial charge on any atom is -0.327 e. The summed E-state index contributed by atoms with van der Waals surface area (Å²) in [6, 6.07) is -0.224. The molecule has 0 spiro atoms. The Morgan fingerprint density at radius 1 is 1.44 bits per heavy atom. The Bertz CT molecular complexity index is 419. The van der Waals surface area contributed by atoms with Crippen molar-refractivity contribution in [2.75, 3.05) is 0 Å². The lowest BCUT2D eigenvalue weighted by Crippen LogP contribution is -2.10. The van der Waals surface area contributed by atoms with Crippen LogP contribution in [0.4, 0.5) is 13.2 Å². The zero-order valence-corrected chi connectivity index (χ0v) is 9.34. The van der Waals surface area contributed by atoms with Gasteiger partial charge in [-0.3, -0.25) is 4.68 Å². The largest absolute Gasteiger partial charge is 0.435 e. The molecule has 3 nitrogen and oxygen atoms in total. The molecule has 1 aromatic heterocycles. The van der Waals surface area contributed by atoms with Gasteiger partial charge in [0.1, 0.15) is 0 Å². The van der Waals surface area contributed by atoms with Gasteiger partial charge in [0.25, 0.3) is 0 Å². The van der Waals surface area contributed by atoms with Gasteiger partial charge in [-0.2, -0.15) is 18.3 Å². The lowest BCUT2D eigenvalue weighted by atomic mass is 10.0. The maximum absolute atomic E-state index is 12.7. The number of hydrogen-bond acceptors (Lipinski definition) is 2. The minimum atomic E-state index is -4.41. The van der Waals surface area contributed by atoms with Gasteiger partial charge in [-0.1, -0.05) is 13.8 Å². The molecule has 0 aliphatic heterocycles. The monoisotopic (exact) mass is 233 g/mol. The predicted molar refractivity (Wildman–Crippen MR) is 52.7 cm³/mol. The first-order valence-corrected chi connectivity index (χ1v) is 5.02. The molecular formula is C10H14F3N3. The minimum absolute atomic E-state index is 0.215. The van der Waals surface area contributed by atoms with Gasteiger partial charge in [-0.05, 0) is 5.41 Å². The molecule has 1 aromatic rings. The number of nitrogens with two attached hydrogens (primary N) is 1. The Hall–Kier alpha value is -1.04. The fourth-order valence-corrected chi connectivity index (χ4v) is 2.23. The summed E-state index contributed by atoms with van der Waals surface area (Å²) in [4.78, 5) is 0. The molecule has 16 heavy (non-hydrogen) atoms. The van der Waals surface area contributed by atoms with E-state index in [0.29, 0.717) is 0 Å². The van der Waals surface area contributed by atoms with E-state index in [2.05, 4.69) is 5.10 Å². The maximum Gasteiger partial charge on any atom is 0.435 e. The number of rotatable bonds is 1. The first kappa shape index (κ1) is 11.4. The molecule has 90 valence electrons. The summed E-state index contributed by atoms with van der Waals surface area (Å²) in [6.07, 6.45) is -2.99. The maximum atomic E-state index is 12.7. The van der Waals surface area contributed by atoms with Crippen LogP contribution >= 0.6 is 0 Å². The van der Waals surface area contributed by atoms with Crippen molar-refractivity contribution in [3.05, 3.63) is 17.5 Å². The third-order valence-corrected chi connectivity index (χ3v) is 3.37. The van der Waals surface area contributed by atoms with Crippen molar-refractivity contribution in [2.24, 2.45) is 18.2 Å². The summed E-state index contributed by atoms with van der Waals surface area (Å²) in [5.74, 6) is -0.252. The molecule has 2 rings (SSSR count). The SMILES string of the molecule is Cn1cc([C@H]2[C@H](N)C2(C)C)c(C(F)(F)F)n1. The van der Waals surface area contributed by atoms with Gasteiger partial charge in [-0.15, -0.1) is 0 Å². The van der Waals surface area contributed by atoms with Crippen molar-refractivity contribution < 1.29 is 13.2 Å². The second-order valence-corrected chi connectivity index (χ2v) is 4.93. The number of aromatic nitrogens is 2. The van der Waals surface area contributed by atoms with Crippen LogP contribution < -0.4 is 5.73 Å². The zero-order chi connectivity index (χ0) is 12.3. The van der Waals surface area contributed by atoms with Gasteiger partial charge in [0, 0.05) is 30.8 Å². The van der Waals surface area contributed by atoms with Crippen LogP contribution in [0.3, 0.4) is 0 Å². The number of aryl methyl sites for hydroxylation is 1. The van der Waals surface area contributed by atoms with Gasteiger partial charge in [0.15, 0.2) is 5.69 Å². The molecular weight excluding hydrogens is 219 g/mol. The van der Waals surface area contributed by atoms with Crippen molar-refractivity contribution in [3.63, 3.8) is 0 Å². The molecule has 0 saturated heterocycles. The Morgan fingerprint density at radius 3 is 2.31 bits per heavy atom. The molecule has 1 aliphatic rings. The first-order chi connectivity index (χ1) is 7.15. The molecule has 1 heterocycles. The van der Waals surface area contributed by atoms with Crippen LogP contribution in [0.25, 0.3) is 0 Å². The van der Waals surface area contributed by atoms with Crippen LogP contribution in [-0.4, -0.2) is 15.8 Å². The van der Waals surface area contributed by atoms with Gasteiger partial charge < -0.3 is 5.73 Å². The molecule has 2 N–H and O–H groups in total. The van der Waals surface area contributed by atoms with Crippen LogP contribution in [0.2, 0.25) is 0 Å². The summed E-state index contributed by atoms with van der Waals surface area (Å²) in [5, 5.41) is 3.48. The summed E-state index contributed by atoms with van der Waals surface area (Å²) in [7, 11) is 1.49. The summed E-state index contributed by atoms with van der Waals surface area (Å²) >= 11 is 0. The van der Waals surface area contributed by atoms with Gasteiger partial charge in [0.2, 0.25) is 0 Å². The van der Waals surface area contributed by atoms with Crippen LogP contribution in [0.5, 0.6) is 0 Å². The number of alkyl halides is 3. The molecule has 2 atom stereocenters. The molecule has 0 radical (unpaired) electrons. The Morgan fingerprint density at radius 2 is 1.94 bits per heavy atom. The van der Waals surface area contributed by atoms with Gasteiger partial charge in [-0.25, -0.2) is 0 Å². The Balaban J connectivity index is 2.43. The van der Waals surface area contributed by atoms with Crippen molar-refractivity contribution in [3.8, 4) is 0 Å². The number of hydrogen-bond donors (Lipinski definition) is 1. The van der Waals surface area contributed by atoms with E-state index in [1.807, 2.05) is 13.8 Å². The van der Waals surface area contributed by atoms with E-state index in [1.54, 1.807) is 0 Å². The molecule has 1 saturated carbocycles. The lowest BCUT2D eigenvalue weighted by molar-refractivity contribution is -0.142. The van der Waals surface area contributed by atoms with Crippen LogP contribution in [-0.2, 0) is 13.2 Å². The molecule has 0 bridgehead atoms. The van der Waals surface area contributed by atoms with Crippen LogP contribution in [0, 0.1) is 5.41 Å². The highest BCUT2D eigenvalue weighted by molar-refractivity contribution is 5.37. The van der Waals surface area contributed by atoms with E-state index < -0.39 is 11.9 Å². The molecule has 0 unspecified atom stereocenters. The van der Waals surface area contributed by atoms with Crippen molar-refractivity contribution >= 4 is 0 Å². The smallest absolute Gasteiger partial charge is 0.327 e. The zero-order valence-electron chi connectivity index (χ0n) is 9.34. The summed E-state index contributed by atoms with van der Waals surface area (Å²) in [5.41, 5.74) is 4.93. The van der Waals surface area contributed by atoms with Crippen molar-refractivity contribution in [1.82, 2.24) is 9.78 Å². The molecule has 0 amide bonds. The van der Waals surface area contributed by atoms with E-state index in [1.165, 1.54) is 17.9 Å². The van der Waals surface area contributed by atoms with Crippen LogP contribution in [0.15, 0.2) is 6.20 Å². The molecule has 0 aromatic carbocycles. The van der Waals surface area contributed by atoms with E-state index >= 15 is 0 Å². The molecule has 6 heteroatoms. The third kappa shape index (κ3) is 1.52. The number of nitrogens with zero attached hydrogens (tertiary/aromatic N) is 2. The molecule has 1 aliphatic carbocycles. The van der Waals surface area contributed by atoms with Crippen LogP contribution in [0.1, 0.15) is 31.0 Å². The Labute approximate surface area is 91.4 Å². The van der Waals surface area contributed by atoms with Gasteiger partial charge >= 0.3 is 6.18 Å². The highest BCUT2D eigenvalue weighted by atomic mass is 19.4. The molecule has 1 fully saturated rings. The average molecular weight is 233 g/mol. The topological polar surface area (TPSA) is 43.8 Å². The second kappa shape index (κ2) is 3.00. The highest BCUT2D eigenvalue weighted by Crippen LogP contribution is 2.58. The van der Waals surface area contributed by atoms with Gasteiger partial charge in [0.05, 0.1) is 0 Å². The first-order valence-electron chi connectivity index (χ1n) is 5.02. The Kier molecular flexibility index (Phi) is 2.15. The normalized spacial score (nSPS) is 28.2. The van der Waals surface area contributed by atoms with E-state index in [4.69, 9.17) is 5.73 Å². The fraction of sp³-hybridized carbons (Fsp3) is 0.700. The van der Waals surface area contributed by atoms with E-state index in [-0.39, 0.29) is 22.9 Å². The van der Waals surface area contributed by atoms with E-state index in [0.717, 1.165) is 0 Å². The standard InChI is InChI=1S/C10H14F3N3/c1-9(2)6(7(9)14)5-4-16(3)15-8(5)10(11,12)13/h4,6-7H,14H2,1-3H3/t6-,7-/m0/s1. The number of halogens is 3. The van der Waals surface area contributed by atoms with E-state index in [9.17, 15) is 13.2 Å². The third-order valence-electron chi connectivity index (χ3n) is 3.37. The predicted octanol–water partition coefficient (Wildman–Crippen LogP) is 1.89. The summed E-state index contributed by atoms with van der Waals surface area (Å²) in [6.45, 7) is 3.74. The average Bonchev–Trinajstić information content (AvgIpc) is 2.46. The lowest BCUT2D eigenvalue weighted by Gasteiger charge is -2.06. The highest BCUT2D eigenvalue weighted by Gasteiger charge is 2.59. The second-order valence-electron chi connectivity index (χ2n) is 4.93. The van der Waals surface area contributed by atoms with Crippen molar-refractivity contribution in [1.29, 1.82) is 0 Å². The summed E-state index contributed by atoms with van der Waals surface area (Å²) < 4.78 is 39.3. The van der Waals surface area contributed by atoms with Crippen molar-refractivity contribution in [2.45, 2.75) is 32.0 Å².